The molecule has 10 heterocycles. The standard InChI is InChI=1S/C56H66FN13O5/c1-35(2)69-34-60-46-31-45(62-51(50(46)69)61-44-10-18-58-33-43(44)57)38-6-8-42-47(28-38)70(41-29-40(30-41)64-19-4-3-5-20-64)54(74)56(42)16-26-67(27-17-56)53(73)37-13-23-66(24-14-37)52(72)36-11-21-65(22-12-36)39-7-9-48(59-32-39)68-25-15-49(71)63-55(68)75/h6-10,18,28,31-37,40-41H,3-5,11-17,19-27,29-30H2,1-2H3,(H,58,61,62)(H,63,71,75)/t40-,41+. The molecule has 392 valence electrons. The minimum absolute atomic E-state index is 0.0729. The van der Waals surface area contributed by atoms with Crippen molar-refractivity contribution >= 4 is 69.4 Å². The van der Waals surface area contributed by atoms with Crippen molar-refractivity contribution in [3.8, 4) is 11.3 Å². The number of likely N-dealkylation sites (tertiary alicyclic amines) is 3. The number of imide groups is 1. The lowest BCUT2D eigenvalue weighted by molar-refractivity contribution is -0.144. The fourth-order valence-corrected chi connectivity index (χ4v) is 13.1. The highest BCUT2D eigenvalue weighted by Gasteiger charge is 2.56. The molecule has 75 heavy (non-hydrogen) atoms. The normalized spacial score (nSPS) is 22.8. The summed E-state index contributed by atoms with van der Waals surface area (Å²) in [6.45, 7) is 10.2. The van der Waals surface area contributed by atoms with Crippen molar-refractivity contribution in [1.29, 1.82) is 0 Å². The SMILES string of the molecule is CC(C)n1cnc2cc(-c3ccc4c(c3)N([C@H]3C[C@@H](N5CCCCC5)C3)C(=O)C43CCN(C(=O)C4CCN(C(=O)C5CCN(c6ccc(N7CCC(=O)NC7=O)nc6)CC5)CC4)CC3)nc(Nc3ccncc3F)c21. The fraction of sp³-hybridized carbons (Fsp3) is 0.518. The van der Waals surface area contributed by atoms with Gasteiger partial charge in [0.25, 0.3) is 0 Å². The zero-order chi connectivity index (χ0) is 51.5. The van der Waals surface area contributed by atoms with Crippen LogP contribution in [0.4, 0.5) is 37.9 Å². The Bertz CT molecular complexity index is 3020. The summed E-state index contributed by atoms with van der Waals surface area (Å²) in [5.41, 5.74) is 5.35. The number of nitrogens with zero attached hydrogens (tertiary/aromatic N) is 11. The van der Waals surface area contributed by atoms with Gasteiger partial charge in [0.15, 0.2) is 11.6 Å². The molecule has 0 bridgehead atoms. The topological polar surface area (TPSA) is 185 Å². The lowest BCUT2D eigenvalue weighted by Gasteiger charge is -2.48. The zero-order valence-electron chi connectivity index (χ0n) is 42.9. The summed E-state index contributed by atoms with van der Waals surface area (Å²) < 4.78 is 17.1. The molecule has 1 aromatic carbocycles. The van der Waals surface area contributed by atoms with Crippen molar-refractivity contribution in [1.82, 2.24) is 44.5 Å². The summed E-state index contributed by atoms with van der Waals surface area (Å²) in [6.07, 6.45) is 15.8. The minimum Gasteiger partial charge on any atom is -0.370 e. The number of halogens is 1. The van der Waals surface area contributed by atoms with E-state index in [4.69, 9.17) is 9.97 Å². The molecule has 7 aliphatic rings. The minimum atomic E-state index is -0.751. The summed E-state index contributed by atoms with van der Waals surface area (Å²) in [5.74, 6) is 0.359. The van der Waals surface area contributed by atoms with Crippen molar-refractivity contribution in [2.24, 2.45) is 11.8 Å². The molecule has 6 fully saturated rings. The van der Waals surface area contributed by atoms with Gasteiger partial charge in [-0.25, -0.2) is 24.1 Å². The number of fused-ring (bicyclic) bond motifs is 3. The van der Waals surface area contributed by atoms with Gasteiger partial charge >= 0.3 is 6.03 Å². The summed E-state index contributed by atoms with van der Waals surface area (Å²) in [4.78, 5) is 98.0. The number of hydrogen-bond acceptors (Lipinski definition) is 12. The highest BCUT2D eigenvalue weighted by Crippen LogP contribution is 2.52. The van der Waals surface area contributed by atoms with Crippen molar-refractivity contribution in [2.45, 2.75) is 114 Å². The number of benzene rings is 1. The first-order chi connectivity index (χ1) is 36.4. The average molecular weight is 1020 g/mol. The molecular formula is C56H66FN13O5. The van der Waals surface area contributed by atoms with Gasteiger partial charge in [0.05, 0.1) is 46.7 Å². The van der Waals surface area contributed by atoms with Crippen molar-refractivity contribution < 1.29 is 28.4 Å². The number of piperidine rings is 4. The molecule has 0 atom stereocenters. The van der Waals surface area contributed by atoms with E-state index in [1.807, 2.05) is 26.5 Å². The van der Waals surface area contributed by atoms with Gasteiger partial charge in [-0.05, 0) is 127 Å². The highest BCUT2D eigenvalue weighted by molar-refractivity contribution is 6.10. The molecule has 0 unspecified atom stereocenters. The van der Waals surface area contributed by atoms with Crippen molar-refractivity contribution in [3.05, 3.63) is 78.8 Å². The van der Waals surface area contributed by atoms with Crippen LogP contribution in [0.1, 0.15) is 103 Å². The summed E-state index contributed by atoms with van der Waals surface area (Å²) >= 11 is 0. The van der Waals surface area contributed by atoms with E-state index < -0.39 is 17.3 Å². The predicted molar refractivity (Wildman–Crippen MR) is 282 cm³/mol. The molecule has 12 rings (SSSR count). The Kier molecular flexibility index (Phi) is 13.0. The Morgan fingerprint density at radius 2 is 1.51 bits per heavy atom. The summed E-state index contributed by atoms with van der Waals surface area (Å²) in [5, 5.41) is 5.58. The number of anilines is 5. The molecule has 4 aromatic heterocycles. The van der Waals surface area contributed by atoms with E-state index in [0.29, 0.717) is 94.9 Å². The predicted octanol–water partition coefficient (Wildman–Crippen LogP) is 7.18. The third kappa shape index (κ3) is 9.03. The number of aromatic nitrogens is 5. The number of carbonyl (C=O) groups excluding carboxylic acids is 5. The Morgan fingerprint density at radius 1 is 0.787 bits per heavy atom. The van der Waals surface area contributed by atoms with Gasteiger partial charge in [0.1, 0.15) is 11.3 Å². The van der Waals surface area contributed by atoms with Crippen LogP contribution < -0.4 is 25.3 Å². The number of amides is 6. The van der Waals surface area contributed by atoms with Crippen LogP contribution in [0.5, 0.6) is 0 Å². The lowest BCUT2D eigenvalue weighted by Crippen LogP contribution is -2.58. The van der Waals surface area contributed by atoms with Gasteiger partial charge in [-0.1, -0.05) is 18.6 Å². The van der Waals surface area contributed by atoms with Crippen LogP contribution in [0, 0.1) is 17.7 Å². The first kappa shape index (κ1) is 48.9. The maximum absolute atomic E-state index is 15.3. The van der Waals surface area contributed by atoms with Crippen LogP contribution in [-0.4, -0.2) is 140 Å². The van der Waals surface area contributed by atoms with Crippen LogP contribution in [0.25, 0.3) is 22.3 Å². The average Bonchev–Trinajstić information content (AvgIpc) is 3.96. The molecule has 2 N–H and O–H groups in total. The van der Waals surface area contributed by atoms with E-state index in [1.165, 1.54) is 30.4 Å². The quantitative estimate of drug-likeness (QED) is 0.144. The lowest BCUT2D eigenvalue weighted by atomic mass is 9.73. The number of imidazole rings is 1. The third-order valence-corrected chi connectivity index (χ3v) is 17.5. The highest BCUT2D eigenvalue weighted by atomic mass is 19.1. The molecule has 1 aliphatic carbocycles. The molecular weight excluding hydrogens is 954 g/mol. The zero-order valence-corrected chi connectivity index (χ0v) is 42.9. The molecule has 19 heteroatoms. The Labute approximate surface area is 436 Å². The van der Waals surface area contributed by atoms with Crippen LogP contribution in [0.2, 0.25) is 0 Å². The fourth-order valence-electron chi connectivity index (χ4n) is 13.1. The van der Waals surface area contributed by atoms with E-state index in [1.54, 1.807) is 30.9 Å². The monoisotopic (exact) mass is 1020 g/mol. The molecule has 18 nitrogen and oxygen atoms in total. The maximum Gasteiger partial charge on any atom is 0.329 e. The molecule has 5 saturated heterocycles. The van der Waals surface area contributed by atoms with Crippen LogP contribution >= 0.6 is 0 Å². The number of nitrogens with one attached hydrogen (secondary N) is 2. The summed E-state index contributed by atoms with van der Waals surface area (Å²) in [7, 11) is 0. The number of rotatable bonds is 10. The van der Waals surface area contributed by atoms with E-state index >= 15 is 9.18 Å². The van der Waals surface area contributed by atoms with E-state index in [9.17, 15) is 19.2 Å². The molecule has 6 amide bonds. The van der Waals surface area contributed by atoms with Crippen LogP contribution in [-0.2, 0) is 24.6 Å². The Morgan fingerprint density at radius 3 is 2.19 bits per heavy atom. The number of hydrogen-bond donors (Lipinski definition) is 2. The molecule has 5 aromatic rings. The third-order valence-electron chi connectivity index (χ3n) is 17.5. The second-order valence-electron chi connectivity index (χ2n) is 22.1. The van der Waals surface area contributed by atoms with Crippen LogP contribution in [0.15, 0.2) is 67.4 Å². The second-order valence-corrected chi connectivity index (χ2v) is 22.1. The van der Waals surface area contributed by atoms with E-state index in [2.05, 4.69) is 67.3 Å². The number of pyridine rings is 3. The second kappa shape index (κ2) is 19.9. The van der Waals surface area contributed by atoms with E-state index in [-0.39, 0.29) is 59.7 Å². The van der Waals surface area contributed by atoms with Gasteiger partial charge in [-0.2, -0.15) is 0 Å². The van der Waals surface area contributed by atoms with Gasteiger partial charge in [-0.3, -0.25) is 34.4 Å². The smallest absolute Gasteiger partial charge is 0.329 e. The number of carbonyl (C=O) groups is 5. The van der Waals surface area contributed by atoms with Gasteiger partial charge < -0.3 is 34.4 Å². The van der Waals surface area contributed by atoms with E-state index in [0.717, 1.165) is 72.3 Å². The van der Waals surface area contributed by atoms with Crippen molar-refractivity contribution in [2.75, 3.05) is 78.9 Å². The van der Waals surface area contributed by atoms with Crippen molar-refractivity contribution in [3.63, 3.8) is 0 Å². The molecule has 1 saturated carbocycles. The first-order valence-electron chi connectivity index (χ1n) is 27.3. The molecule has 1 spiro atoms. The number of urea groups is 1. The van der Waals surface area contributed by atoms with Gasteiger partial charge in [-0.15, -0.1) is 0 Å². The van der Waals surface area contributed by atoms with Crippen LogP contribution in [0.3, 0.4) is 0 Å². The Balaban J connectivity index is 0.712. The van der Waals surface area contributed by atoms with Gasteiger partial charge in [0.2, 0.25) is 23.6 Å². The molecule has 0 radical (unpaired) electrons. The first-order valence-corrected chi connectivity index (χ1v) is 27.3. The Hall–Kier alpha value is -7.02. The molecule has 6 aliphatic heterocycles. The van der Waals surface area contributed by atoms with Gasteiger partial charge in [0, 0.05) is 99.6 Å². The maximum atomic E-state index is 15.3. The summed E-state index contributed by atoms with van der Waals surface area (Å²) in [6, 6.07) is 13.7. The largest absolute Gasteiger partial charge is 0.370 e.